The third kappa shape index (κ3) is 4.45. The molecule has 0 amide bonds. The minimum Gasteiger partial charge on any atom is -0.378 e. The lowest BCUT2D eigenvalue weighted by Crippen LogP contribution is -2.45. The van der Waals surface area contributed by atoms with Crippen molar-refractivity contribution in [2.24, 2.45) is 0 Å². The van der Waals surface area contributed by atoms with Crippen molar-refractivity contribution in [3.05, 3.63) is 33.7 Å². The molecule has 8 nitrogen and oxygen atoms in total. The van der Waals surface area contributed by atoms with Gasteiger partial charge in [-0.1, -0.05) is 5.16 Å². The molecule has 0 unspecified atom stereocenters. The van der Waals surface area contributed by atoms with Crippen molar-refractivity contribution >= 4 is 39.0 Å². The Labute approximate surface area is 184 Å². The summed E-state index contributed by atoms with van der Waals surface area (Å²) in [5, 5.41) is 4.42. The van der Waals surface area contributed by atoms with Crippen LogP contribution in [0.15, 0.2) is 16.7 Å². The summed E-state index contributed by atoms with van der Waals surface area (Å²) in [5.74, 6) is 1.81. The van der Waals surface area contributed by atoms with E-state index in [2.05, 4.69) is 35.9 Å². The Morgan fingerprint density at radius 1 is 1.00 bits per heavy atom. The molecule has 0 atom stereocenters. The molecular weight excluding hydrogens is 424 g/mol. The third-order valence-electron chi connectivity index (χ3n) is 5.59. The van der Waals surface area contributed by atoms with E-state index < -0.39 is 0 Å². The van der Waals surface area contributed by atoms with E-state index in [0.717, 1.165) is 93.1 Å². The molecule has 0 saturated carbocycles. The topological polar surface area (TPSA) is 70.8 Å². The highest BCUT2D eigenvalue weighted by Gasteiger charge is 2.22. The lowest BCUT2D eigenvalue weighted by Gasteiger charge is -2.33. The van der Waals surface area contributed by atoms with Crippen LogP contribution in [0, 0.1) is 6.92 Å². The van der Waals surface area contributed by atoms with Crippen molar-refractivity contribution in [1.29, 1.82) is 0 Å². The fourth-order valence-electron chi connectivity index (χ4n) is 4.05. The number of hydrogen-bond acceptors (Lipinski definition) is 9. The number of morpholine rings is 1. The molecule has 30 heavy (non-hydrogen) atoms. The molecule has 0 aromatic carbocycles. The Morgan fingerprint density at radius 2 is 1.73 bits per heavy atom. The minimum absolute atomic E-state index is 0.310. The van der Waals surface area contributed by atoms with Crippen LogP contribution in [-0.4, -0.2) is 77.4 Å². The van der Waals surface area contributed by atoms with Crippen LogP contribution in [0.3, 0.4) is 0 Å². The SMILES string of the molecule is Cc1cc(CN2CCN(Cc3cc4nc(Cl)nc(N5CCOCC5)c4s3)CC2)no1. The first-order valence-corrected chi connectivity index (χ1v) is 11.5. The van der Waals surface area contributed by atoms with Crippen molar-refractivity contribution < 1.29 is 9.26 Å². The second-order valence-electron chi connectivity index (χ2n) is 7.82. The Bertz CT molecular complexity index is 1010. The maximum atomic E-state index is 6.22. The highest BCUT2D eigenvalue weighted by molar-refractivity contribution is 7.19. The van der Waals surface area contributed by atoms with Gasteiger partial charge >= 0.3 is 0 Å². The zero-order chi connectivity index (χ0) is 20.5. The monoisotopic (exact) mass is 448 g/mol. The van der Waals surface area contributed by atoms with Gasteiger partial charge in [0.1, 0.15) is 5.76 Å². The molecule has 2 fully saturated rings. The van der Waals surface area contributed by atoms with Crippen LogP contribution < -0.4 is 4.90 Å². The molecule has 0 bridgehead atoms. The number of rotatable bonds is 5. The van der Waals surface area contributed by atoms with E-state index >= 15 is 0 Å². The third-order valence-corrected chi connectivity index (χ3v) is 6.87. The van der Waals surface area contributed by atoms with Gasteiger partial charge in [-0.15, -0.1) is 11.3 Å². The maximum Gasteiger partial charge on any atom is 0.224 e. The van der Waals surface area contributed by atoms with Gasteiger partial charge in [0, 0.05) is 63.3 Å². The van der Waals surface area contributed by atoms with Gasteiger partial charge in [-0.05, 0) is 24.6 Å². The molecule has 10 heteroatoms. The molecule has 3 aromatic rings. The van der Waals surface area contributed by atoms with Crippen molar-refractivity contribution in [1.82, 2.24) is 24.9 Å². The van der Waals surface area contributed by atoms with Crippen LogP contribution in [0.25, 0.3) is 10.2 Å². The average Bonchev–Trinajstić information content (AvgIpc) is 3.34. The van der Waals surface area contributed by atoms with Gasteiger partial charge < -0.3 is 14.2 Å². The zero-order valence-corrected chi connectivity index (χ0v) is 18.6. The van der Waals surface area contributed by atoms with Gasteiger partial charge in [-0.2, -0.15) is 4.98 Å². The molecule has 2 saturated heterocycles. The number of anilines is 1. The van der Waals surface area contributed by atoms with Crippen LogP contribution in [0.2, 0.25) is 5.28 Å². The number of ether oxygens (including phenoxy) is 1. The number of fused-ring (bicyclic) bond motifs is 1. The largest absolute Gasteiger partial charge is 0.378 e. The van der Waals surface area contributed by atoms with Gasteiger partial charge in [0.05, 0.1) is 29.1 Å². The number of hydrogen-bond donors (Lipinski definition) is 0. The molecule has 0 spiro atoms. The number of aryl methyl sites for hydroxylation is 1. The average molecular weight is 449 g/mol. The highest BCUT2D eigenvalue weighted by Crippen LogP contribution is 2.34. The molecular formula is C20H25ClN6O2S. The molecule has 0 aliphatic carbocycles. The highest BCUT2D eigenvalue weighted by atomic mass is 35.5. The molecule has 5 heterocycles. The Hall–Kier alpha value is -1.78. The van der Waals surface area contributed by atoms with E-state index in [9.17, 15) is 0 Å². The van der Waals surface area contributed by atoms with E-state index in [1.54, 1.807) is 11.3 Å². The first-order chi connectivity index (χ1) is 14.6. The van der Waals surface area contributed by atoms with Crippen molar-refractivity contribution in [3.63, 3.8) is 0 Å². The smallest absolute Gasteiger partial charge is 0.224 e. The predicted molar refractivity (Wildman–Crippen MR) is 117 cm³/mol. The fraction of sp³-hybridized carbons (Fsp3) is 0.550. The summed E-state index contributed by atoms with van der Waals surface area (Å²) in [6.45, 7) is 11.0. The molecule has 2 aliphatic heterocycles. The summed E-state index contributed by atoms with van der Waals surface area (Å²) in [5.41, 5.74) is 1.95. The second kappa shape index (κ2) is 8.76. The van der Waals surface area contributed by atoms with Gasteiger partial charge in [0.25, 0.3) is 0 Å². The Balaban J connectivity index is 1.25. The fourth-order valence-corrected chi connectivity index (χ4v) is 5.38. The standard InChI is InChI=1S/C20H25ClN6O2S/c1-14-10-15(24-29-14)12-25-2-4-26(5-3-25)13-16-11-17-18(30-16)19(23-20(21)22-17)27-6-8-28-9-7-27/h10-11H,2-9,12-13H2,1H3. The predicted octanol–water partition coefficient (Wildman–Crippen LogP) is 2.80. The Morgan fingerprint density at radius 3 is 2.43 bits per heavy atom. The van der Waals surface area contributed by atoms with E-state index in [0.29, 0.717) is 5.28 Å². The normalized spacial score (nSPS) is 19.1. The molecule has 160 valence electrons. The van der Waals surface area contributed by atoms with Crippen LogP contribution in [0.1, 0.15) is 16.3 Å². The van der Waals surface area contributed by atoms with Gasteiger partial charge in [-0.25, -0.2) is 4.98 Å². The van der Waals surface area contributed by atoms with Crippen molar-refractivity contribution in [2.45, 2.75) is 20.0 Å². The van der Waals surface area contributed by atoms with Crippen LogP contribution in [-0.2, 0) is 17.8 Å². The van der Waals surface area contributed by atoms with Crippen LogP contribution >= 0.6 is 22.9 Å². The van der Waals surface area contributed by atoms with Crippen molar-refractivity contribution in [2.75, 3.05) is 57.4 Å². The van der Waals surface area contributed by atoms with E-state index in [4.69, 9.17) is 20.9 Å². The Kier molecular flexibility index (Phi) is 5.88. The van der Waals surface area contributed by atoms with E-state index in [1.807, 2.05) is 13.0 Å². The number of halogens is 1. The molecule has 5 rings (SSSR count). The lowest BCUT2D eigenvalue weighted by molar-refractivity contribution is 0.121. The molecule has 0 N–H and O–H groups in total. The maximum absolute atomic E-state index is 6.22. The molecule has 3 aromatic heterocycles. The second-order valence-corrected chi connectivity index (χ2v) is 9.30. The summed E-state index contributed by atoms with van der Waals surface area (Å²) in [6.07, 6.45) is 0. The van der Waals surface area contributed by atoms with E-state index in [1.165, 1.54) is 4.88 Å². The number of aromatic nitrogens is 3. The first-order valence-electron chi connectivity index (χ1n) is 10.3. The number of thiophene rings is 1. The first kappa shape index (κ1) is 20.1. The molecule has 2 aliphatic rings. The summed E-state index contributed by atoms with van der Waals surface area (Å²) in [6, 6.07) is 4.18. The summed E-state index contributed by atoms with van der Waals surface area (Å²) in [7, 11) is 0. The summed E-state index contributed by atoms with van der Waals surface area (Å²) >= 11 is 8.01. The zero-order valence-electron chi connectivity index (χ0n) is 17.0. The van der Waals surface area contributed by atoms with Gasteiger partial charge in [0.2, 0.25) is 5.28 Å². The minimum atomic E-state index is 0.310. The lowest BCUT2D eigenvalue weighted by atomic mass is 10.2. The molecule has 0 radical (unpaired) electrons. The van der Waals surface area contributed by atoms with Crippen molar-refractivity contribution in [3.8, 4) is 0 Å². The summed E-state index contributed by atoms with van der Waals surface area (Å²) < 4.78 is 11.8. The number of piperazine rings is 1. The summed E-state index contributed by atoms with van der Waals surface area (Å²) in [4.78, 5) is 17.5. The van der Waals surface area contributed by atoms with Gasteiger partial charge in [0.15, 0.2) is 5.82 Å². The quantitative estimate of drug-likeness (QED) is 0.552. The van der Waals surface area contributed by atoms with Gasteiger partial charge in [-0.3, -0.25) is 9.80 Å². The van der Waals surface area contributed by atoms with E-state index in [-0.39, 0.29) is 0 Å². The number of nitrogens with zero attached hydrogens (tertiary/aromatic N) is 6. The van der Waals surface area contributed by atoms with Crippen LogP contribution in [0.4, 0.5) is 5.82 Å². The van der Waals surface area contributed by atoms with Crippen LogP contribution in [0.5, 0.6) is 0 Å².